The van der Waals surface area contributed by atoms with Crippen LogP contribution in [0.1, 0.15) is 64.7 Å². The third-order valence-electron chi connectivity index (χ3n) is 3.08. The van der Waals surface area contributed by atoms with Gasteiger partial charge in [0.25, 0.3) is 0 Å². The van der Waals surface area contributed by atoms with Gasteiger partial charge in [0.2, 0.25) is 0 Å². The summed E-state index contributed by atoms with van der Waals surface area (Å²) >= 11 is 0. The number of alkyl halides is 4. The molecule has 0 unspecified atom stereocenters. The molecule has 0 atom stereocenters. The average molecular weight is 344 g/mol. The number of rotatable bonds is 11. The van der Waals surface area contributed by atoms with Crippen LogP contribution in [-0.2, 0) is 10.1 Å². The van der Waals surface area contributed by atoms with E-state index in [4.69, 9.17) is 0 Å². The zero-order valence-electron chi connectivity index (χ0n) is 12.5. The summed E-state index contributed by atoms with van der Waals surface area (Å²) in [5.41, 5.74) is 0. The fraction of sp³-hybridized carbons (Fsp3) is 1.00. The topological polar surface area (TPSA) is 57.2 Å². The standard InChI is InChI=1S/C12H22F4O3S.Na/c1-2-3-4-5-6-7-8-9-10-11(13,14)12(15,16)20(17,18)19;/h2-10H2,1H3,(H,17,18,19);/q;+1/p-1. The minimum atomic E-state index is -6.35. The van der Waals surface area contributed by atoms with E-state index in [1.165, 1.54) is 0 Å². The molecule has 0 saturated heterocycles. The first-order chi connectivity index (χ1) is 9.06. The molecule has 0 radical (unpaired) electrons. The average Bonchev–Trinajstić information content (AvgIpc) is 2.31. The fourth-order valence-corrected chi connectivity index (χ4v) is 2.28. The summed E-state index contributed by atoms with van der Waals surface area (Å²) in [5.74, 6) is -4.81. The Morgan fingerprint density at radius 3 is 1.62 bits per heavy atom. The molecule has 0 fully saturated rings. The van der Waals surface area contributed by atoms with Crippen molar-refractivity contribution >= 4 is 10.1 Å². The van der Waals surface area contributed by atoms with Gasteiger partial charge in [0.15, 0.2) is 10.1 Å². The maximum atomic E-state index is 13.0. The van der Waals surface area contributed by atoms with Gasteiger partial charge in [-0.15, -0.1) is 0 Å². The molecule has 0 heterocycles. The van der Waals surface area contributed by atoms with Crippen LogP contribution in [0.5, 0.6) is 0 Å². The van der Waals surface area contributed by atoms with Gasteiger partial charge in [-0.05, 0) is 6.42 Å². The largest absolute Gasteiger partial charge is 1.00 e. The first-order valence-corrected chi connectivity index (χ1v) is 8.18. The second-order valence-corrected chi connectivity index (χ2v) is 6.32. The van der Waals surface area contributed by atoms with E-state index in [1.54, 1.807) is 0 Å². The van der Waals surface area contributed by atoms with Gasteiger partial charge in [-0.3, -0.25) is 0 Å². The molecular formula is C12H21F4NaO3S. The maximum absolute atomic E-state index is 13.0. The first kappa shape index (κ1) is 23.9. The van der Waals surface area contributed by atoms with Crippen LogP contribution in [-0.4, -0.2) is 24.1 Å². The second-order valence-electron chi connectivity index (χ2n) is 4.90. The normalized spacial score (nSPS) is 13.0. The third kappa shape index (κ3) is 8.16. The van der Waals surface area contributed by atoms with Crippen LogP contribution in [0.2, 0.25) is 0 Å². The van der Waals surface area contributed by atoms with Crippen molar-refractivity contribution in [2.75, 3.05) is 0 Å². The summed E-state index contributed by atoms with van der Waals surface area (Å²) in [5, 5.41) is -5.54. The fourth-order valence-electron chi connectivity index (χ4n) is 1.81. The van der Waals surface area contributed by atoms with Gasteiger partial charge in [-0.2, -0.15) is 17.6 Å². The molecule has 122 valence electrons. The molecule has 0 bridgehead atoms. The minimum absolute atomic E-state index is 0. The first-order valence-electron chi connectivity index (χ1n) is 6.77. The molecule has 0 aliphatic heterocycles. The van der Waals surface area contributed by atoms with E-state index in [0.29, 0.717) is 12.8 Å². The monoisotopic (exact) mass is 344 g/mol. The van der Waals surface area contributed by atoms with Crippen molar-refractivity contribution in [2.45, 2.75) is 75.9 Å². The molecule has 0 spiro atoms. The van der Waals surface area contributed by atoms with E-state index in [1.807, 2.05) is 0 Å². The van der Waals surface area contributed by atoms with Crippen molar-refractivity contribution < 1.29 is 60.1 Å². The quantitative estimate of drug-likeness (QED) is 0.246. The van der Waals surface area contributed by atoms with Crippen LogP contribution in [0.15, 0.2) is 0 Å². The van der Waals surface area contributed by atoms with Crippen molar-refractivity contribution in [2.24, 2.45) is 0 Å². The van der Waals surface area contributed by atoms with Crippen LogP contribution in [0.25, 0.3) is 0 Å². The summed E-state index contributed by atoms with van der Waals surface area (Å²) in [6.07, 6.45) is 4.47. The van der Waals surface area contributed by atoms with Gasteiger partial charge in [0.1, 0.15) is 0 Å². The molecule has 0 aliphatic carbocycles. The van der Waals surface area contributed by atoms with E-state index in [0.717, 1.165) is 32.1 Å². The SMILES string of the molecule is CCCCCCCCCCC(F)(F)C(F)(F)S(=O)(=O)[O-].[Na+]. The van der Waals surface area contributed by atoms with Gasteiger partial charge in [0, 0.05) is 6.42 Å². The molecule has 0 aromatic heterocycles. The van der Waals surface area contributed by atoms with Gasteiger partial charge in [0.05, 0.1) is 0 Å². The van der Waals surface area contributed by atoms with E-state index in [2.05, 4.69) is 6.92 Å². The van der Waals surface area contributed by atoms with E-state index in [9.17, 15) is 30.5 Å². The molecule has 0 aliphatic rings. The Hall–Kier alpha value is 0.630. The zero-order chi connectivity index (χ0) is 15.9. The predicted molar refractivity (Wildman–Crippen MR) is 66.8 cm³/mol. The Labute approximate surface area is 145 Å². The number of hydrogen-bond donors (Lipinski definition) is 0. The minimum Gasteiger partial charge on any atom is -0.743 e. The number of halogens is 4. The summed E-state index contributed by atoms with van der Waals surface area (Å²) in [6, 6.07) is 0. The molecule has 0 aromatic carbocycles. The van der Waals surface area contributed by atoms with Crippen LogP contribution >= 0.6 is 0 Å². The smallest absolute Gasteiger partial charge is 0.743 e. The van der Waals surface area contributed by atoms with E-state index in [-0.39, 0.29) is 36.0 Å². The number of hydrogen-bond acceptors (Lipinski definition) is 3. The van der Waals surface area contributed by atoms with Crippen LogP contribution in [0, 0.1) is 0 Å². The Kier molecular flexibility index (Phi) is 11.8. The van der Waals surface area contributed by atoms with Crippen molar-refractivity contribution in [1.82, 2.24) is 0 Å². The molecule has 21 heavy (non-hydrogen) atoms. The van der Waals surface area contributed by atoms with Crippen molar-refractivity contribution in [3.8, 4) is 0 Å². The Morgan fingerprint density at radius 1 is 0.857 bits per heavy atom. The Balaban J connectivity index is 0. The molecule has 3 nitrogen and oxygen atoms in total. The molecule has 0 amide bonds. The maximum Gasteiger partial charge on any atom is 1.00 e. The molecule has 0 saturated carbocycles. The summed E-state index contributed by atoms with van der Waals surface area (Å²) in [6.45, 7) is 2.06. The molecule has 9 heteroatoms. The Morgan fingerprint density at radius 2 is 1.24 bits per heavy atom. The van der Waals surface area contributed by atoms with Gasteiger partial charge in [-0.25, -0.2) is 8.42 Å². The van der Waals surface area contributed by atoms with E-state index >= 15 is 0 Å². The van der Waals surface area contributed by atoms with Crippen molar-refractivity contribution in [3.05, 3.63) is 0 Å². The van der Waals surface area contributed by atoms with E-state index < -0.39 is 27.7 Å². The van der Waals surface area contributed by atoms with Crippen LogP contribution < -0.4 is 29.6 Å². The summed E-state index contributed by atoms with van der Waals surface area (Å²) in [4.78, 5) is 0. The summed E-state index contributed by atoms with van der Waals surface area (Å²) in [7, 11) is -6.35. The molecule has 0 aromatic rings. The van der Waals surface area contributed by atoms with Gasteiger partial charge < -0.3 is 4.55 Å². The van der Waals surface area contributed by atoms with Crippen molar-refractivity contribution in [1.29, 1.82) is 0 Å². The molecular weight excluding hydrogens is 323 g/mol. The van der Waals surface area contributed by atoms with Crippen LogP contribution in [0.3, 0.4) is 0 Å². The third-order valence-corrected chi connectivity index (χ3v) is 4.01. The molecule has 0 N–H and O–H groups in total. The Bertz CT molecular complexity index is 375. The number of unbranched alkanes of at least 4 members (excludes halogenated alkanes) is 7. The zero-order valence-corrected chi connectivity index (χ0v) is 15.3. The van der Waals surface area contributed by atoms with Crippen LogP contribution in [0.4, 0.5) is 17.6 Å². The van der Waals surface area contributed by atoms with Gasteiger partial charge >= 0.3 is 40.7 Å². The molecule has 0 rings (SSSR count). The second kappa shape index (κ2) is 10.4. The van der Waals surface area contributed by atoms with Crippen molar-refractivity contribution in [3.63, 3.8) is 0 Å². The predicted octanol–water partition coefficient (Wildman–Crippen LogP) is 1.29. The van der Waals surface area contributed by atoms with Gasteiger partial charge in [-0.1, -0.05) is 51.9 Å². The summed E-state index contributed by atoms with van der Waals surface area (Å²) < 4.78 is 82.1.